The second-order valence-electron chi connectivity index (χ2n) is 30.7. The predicted octanol–water partition coefficient (Wildman–Crippen LogP) is 6.61. The molecule has 600 valence electrons. The van der Waals surface area contributed by atoms with Crippen molar-refractivity contribution in [3.05, 3.63) is 12.2 Å². The predicted molar refractivity (Wildman–Crippen MR) is 398 cm³/mol. The second kappa shape index (κ2) is 46.9. The molecule has 0 aromatic heterocycles. The number of hydrogen-bond acceptors (Lipinski definition) is 18. The van der Waals surface area contributed by atoms with Crippen molar-refractivity contribution in [1.29, 1.82) is 0 Å². The van der Waals surface area contributed by atoms with Crippen LogP contribution in [0.25, 0.3) is 0 Å². The molecule has 0 aromatic rings. The molecule has 1 saturated heterocycles. The number of amides is 11. The van der Waals surface area contributed by atoms with E-state index in [9.17, 15) is 47.9 Å². The van der Waals surface area contributed by atoms with Crippen molar-refractivity contribution in [3.63, 3.8) is 0 Å². The lowest BCUT2D eigenvalue weighted by atomic mass is 9.91. The Kier molecular flexibility index (Phi) is 42.5. The summed E-state index contributed by atoms with van der Waals surface area (Å²) in [5.74, 6) is -12.1. The second-order valence-corrected chi connectivity index (χ2v) is 30.7. The highest BCUT2D eigenvalue weighted by molar-refractivity contribution is 6.00. The summed E-state index contributed by atoms with van der Waals surface area (Å²) in [4.78, 5) is 211. The van der Waals surface area contributed by atoms with E-state index < -0.39 is 175 Å². The van der Waals surface area contributed by atoms with Crippen molar-refractivity contribution < 1.29 is 86.1 Å². The molecule has 29 nitrogen and oxygen atoms in total. The van der Waals surface area contributed by atoms with Crippen LogP contribution in [0.2, 0.25) is 0 Å². The highest BCUT2D eigenvalue weighted by Gasteiger charge is 2.47. The van der Waals surface area contributed by atoms with Gasteiger partial charge in [0.15, 0.2) is 0 Å². The number of carbonyl (C=O) groups excluding carboxylic acids is 14. The molecule has 1 aliphatic heterocycles. The van der Waals surface area contributed by atoms with Crippen molar-refractivity contribution in [2.45, 2.75) is 281 Å². The average Bonchev–Trinajstić information content (AvgIpc) is 0.792. The molecule has 0 saturated carbocycles. The third-order valence-corrected chi connectivity index (χ3v) is 18.9. The Morgan fingerprint density at radius 2 is 0.933 bits per heavy atom. The van der Waals surface area contributed by atoms with E-state index in [4.69, 9.17) is 18.9 Å². The Balaban J connectivity index is 4.37. The van der Waals surface area contributed by atoms with Crippen molar-refractivity contribution in [3.8, 4) is 0 Å². The first-order valence-corrected chi connectivity index (χ1v) is 37.7. The fourth-order valence-corrected chi connectivity index (χ4v) is 12.5. The number of nitrogens with zero attached hydrogens (tertiary/aromatic N) is 7. The molecule has 105 heavy (non-hydrogen) atoms. The third-order valence-electron chi connectivity index (χ3n) is 18.9. The van der Waals surface area contributed by atoms with Gasteiger partial charge in [-0.1, -0.05) is 129 Å². The first-order valence-electron chi connectivity index (χ1n) is 37.7. The minimum atomic E-state index is -1.84. The van der Waals surface area contributed by atoms with Gasteiger partial charge in [0.25, 0.3) is 0 Å². The molecule has 1 aliphatic rings. The Bertz CT molecular complexity index is 2900. The lowest BCUT2D eigenvalue weighted by Gasteiger charge is -2.42. The fraction of sp³-hybridized carbons (Fsp3) is 0.789. The summed E-state index contributed by atoms with van der Waals surface area (Å²) in [5.41, 5.74) is 0. The molecule has 29 heteroatoms. The summed E-state index contributed by atoms with van der Waals surface area (Å²) in [6.07, 6.45) is 5.19. The standard InChI is InChI=1S/C76H133N11O18/c1-26-29-32-36-60(89)102-38-34-31-33-37-61(90)103-44-104-76(101)105-65(51(16)35-30-27-2)64-69(94)79-54(28-3)71(96)81(19)43-59(88)82(20)55(39-45(4)5)68(93)80-62(49(12)13)74(99)83(21)56(40-46(6)7)67(92)77-52(17)66(91)78-53(18)70(95)84(22)57(41-47(8)9)72(97)85(23)58(42-48(10)11)73(98)86(24)63(50(14)15)75(100)87(64)25/h27,30,45-58,62-65H,26,28-29,31-44H2,1-25H3,(H,77,92)(H,78,91)(H,79,94)(H,80,93)/b30-27+/t51-,52?,53?,54?,55+,56-,57-,58?,62?,63-,64?,65?/m1/s1. The topological polar surface area (TPSA) is 347 Å². The van der Waals surface area contributed by atoms with Gasteiger partial charge >= 0.3 is 18.1 Å². The van der Waals surface area contributed by atoms with E-state index in [0.29, 0.717) is 25.7 Å². The van der Waals surface area contributed by atoms with Crippen molar-refractivity contribution in [2.75, 3.05) is 69.3 Å². The van der Waals surface area contributed by atoms with Gasteiger partial charge in [-0.2, -0.15) is 0 Å². The van der Waals surface area contributed by atoms with Crippen molar-refractivity contribution in [1.82, 2.24) is 55.6 Å². The minimum Gasteiger partial charge on any atom is -0.466 e. The molecule has 12 atom stereocenters. The fourth-order valence-electron chi connectivity index (χ4n) is 12.5. The zero-order valence-corrected chi connectivity index (χ0v) is 68.0. The Hall–Kier alpha value is -7.88. The number of esters is 2. The summed E-state index contributed by atoms with van der Waals surface area (Å²) in [6, 6.07) is -13.3. The number of rotatable bonds is 28. The average molecular weight is 1490 g/mol. The van der Waals surface area contributed by atoms with Crippen LogP contribution in [0.5, 0.6) is 0 Å². The molecule has 0 aromatic carbocycles. The lowest BCUT2D eigenvalue weighted by molar-refractivity contribution is -0.159. The number of unbranched alkanes of at least 4 members (excludes halogenated alkanes) is 4. The van der Waals surface area contributed by atoms with E-state index >= 15 is 19.2 Å². The van der Waals surface area contributed by atoms with E-state index in [0.717, 1.165) is 29.1 Å². The van der Waals surface area contributed by atoms with Crippen LogP contribution in [0.4, 0.5) is 4.79 Å². The normalized spacial score (nSPS) is 23.8. The van der Waals surface area contributed by atoms with Crippen LogP contribution in [0.1, 0.15) is 215 Å². The molecule has 1 heterocycles. The molecular formula is C76H133N11O18. The van der Waals surface area contributed by atoms with Crippen molar-refractivity contribution >= 4 is 83.1 Å². The third kappa shape index (κ3) is 30.9. The zero-order chi connectivity index (χ0) is 80.6. The molecule has 11 amide bonds. The minimum absolute atomic E-state index is 0.0615. The first kappa shape index (κ1) is 95.1. The number of allylic oxidation sites excluding steroid dienone is 2. The van der Waals surface area contributed by atoms with Gasteiger partial charge in [-0.05, 0) is 126 Å². The molecule has 1 rings (SSSR count). The van der Waals surface area contributed by atoms with Crippen LogP contribution in [-0.4, -0.2) is 253 Å². The van der Waals surface area contributed by atoms with Gasteiger partial charge in [0.1, 0.15) is 66.5 Å². The molecule has 0 spiro atoms. The van der Waals surface area contributed by atoms with E-state index in [2.05, 4.69) is 21.3 Å². The van der Waals surface area contributed by atoms with Crippen LogP contribution in [0, 0.1) is 41.4 Å². The number of nitrogens with one attached hydrogen (secondary N) is 4. The molecular weight excluding hydrogens is 1350 g/mol. The smallest absolute Gasteiger partial charge is 0.466 e. The van der Waals surface area contributed by atoms with E-state index in [1.54, 1.807) is 60.6 Å². The first-order chi connectivity index (χ1) is 48.9. The maximum absolute atomic E-state index is 15.7. The molecule has 0 bridgehead atoms. The molecule has 0 radical (unpaired) electrons. The quantitative estimate of drug-likeness (QED) is 0.0210. The largest absolute Gasteiger partial charge is 0.511 e. The van der Waals surface area contributed by atoms with E-state index in [1.165, 1.54) is 87.7 Å². The van der Waals surface area contributed by atoms with Crippen LogP contribution in [-0.2, 0) is 81.3 Å². The summed E-state index contributed by atoms with van der Waals surface area (Å²) in [5, 5.41) is 11.0. The summed E-state index contributed by atoms with van der Waals surface area (Å²) < 4.78 is 21.8. The Morgan fingerprint density at radius 1 is 0.467 bits per heavy atom. The van der Waals surface area contributed by atoms with Crippen LogP contribution in [0.3, 0.4) is 0 Å². The van der Waals surface area contributed by atoms with Gasteiger partial charge in [0.05, 0.1) is 13.2 Å². The molecule has 7 unspecified atom stereocenters. The van der Waals surface area contributed by atoms with Crippen LogP contribution >= 0.6 is 0 Å². The van der Waals surface area contributed by atoms with Gasteiger partial charge in [-0.25, -0.2) is 4.79 Å². The molecule has 0 aliphatic carbocycles. The SMILES string of the molecule is C/C=C/C[C@@H](C)C(OC(=O)OCOC(=O)CCCCCOC(=O)CCCCC)C1C(=O)NC(CC)C(=O)N(C)CC(=O)N(C)[C@@H](CC(C)C)C(=O)NC(C(C)C)C(=O)N(C)[C@H](CC(C)C)C(=O)NC(C)C(=O)NC(C)C(=O)N(C)[C@H](CC(C)C)C(=O)N(C)C(CC(C)C)C(=O)N(C)[C@H](C(C)C)C(=O)N1C. The van der Waals surface area contributed by atoms with Crippen LogP contribution in [0.15, 0.2) is 12.2 Å². The van der Waals surface area contributed by atoms with Gasteiger partial charge in [0, 0.05) is 62.2 Å². The number of hydrogen-bond donors (Lipinski definition) is 4. The van der Waals surface area contributed by atoms with Crippen molar-refractivity contribution in [2.24, 2.45) is 41.4 Å². The number of ether oxygens (including phenoxy) is 4. The van der Waals surface area contributed by atoms with Crippen LogP contribution < -0.4 is 21.3 Å². The number of likely N-dealkylation sites (N-methyl/N-ethyl adjacent to an activating group) is 7. The lowest BCUT2D eigenvalue weighted by Crippen LogP contribution is -2.64. The highest BCUT2D eigenvalue weighted by atomic mass is 16.8. The maximum atomic E-state index is 15.7. The van der Waals surface area contributed by atoms with Gasteiger partial charge in [0.2, 0.25) is 71.8 Å². The summed E-state index contributed by atoms with van der Waals surface area (Å²) >= 11 is 0. The molecule has 4 N–H and O–H groups in total. The van der Waals surface area contributed by atoms with E-state index in [1.807, 2.05) is 62.3 Å². The van der Waals surface area contributed by atoms with E-state index in [-0.39, 0.29) is 81.2 Å². The molecule has 1 fully saturated rings. The highest BCUT2D eigenvalue weighted by Crippen LogP contribution is 2.28. The number of carbonyl (C=O) groups is 14. The van der Waals surface area contributed by atoms with Gasteiger partial charge < -0.3 is 74.5 Å². The summed E-state index contributed by atoms with van der Waals surface area (Å²) in [6.45, 7) is 30.0. The Morgan fingerprint density at radius 3 is 1.44 bits per heavy atom. The monoisotopic (exact) mass is 1490 g/mol. The van der Waals surface area contributed by atoms with Gasteiger partial charge in [-0.15, -0.1) is 0 Å². The Labute approximate surface area is 626 Å². The summed E-state index contributed by atoms with van der Waals surface area (Å²) in [7, 11) is 9.63. The zero-order valence-electron chi connectivity index (χ0n) is 68.0. The van der Waals surface area contributed by atoms with Gasteiger partial charge in [-0.3, -0.25) is 62.3 Å². The maximum Gasteiger partial charge on any atom is 0.511 e.